The highest BCUT2D eigenvalue weighted by atomic mass is 35.5. The highest BCUT2D eigenvalue weighted by Gasteiger charge is 2.10. The molecule has 0 fully saturated rings. The van der Waals surface area contributed by atoms with E-state index in [9.17, 15) is 0 Å². The Morgan fingerprint density at radius 1 is 1.41 bits per heavy atom. The molecule has 1 N–H and O–H groups in total. The Hall–Kier alpha value is -0.260. The van der Waals surface area contributed by atoms with Gasteiger partial charge in [-0.1, -0.05) is 17.7 Å². The zero-order valence-electron chi connectivity index (χ0n) is 9.11. The van der Waals surface area contributed by atoms with E-state index in [2.05, 4.69) is 21.7 Å². The third-order valence-electron chi connectivity index (χ3n) is 2.28. The van der Waals surface area contributed by atoms with E-state index in [0.29, 0.717) is 17.0 Å². The number of hydrogen-bond acceptors (Lipinski definition) is 3. The number of nitrogens with zero attached hydrogens (tertiary/aromatic N) is 2. The molecule has 2 heterocycles. The number of imidazole rings is 1. The molecule has 0 saturated carbocycles. The van der Waals surface area contributed by atoms with Crippen LogP contribution < -0.4 is 5.32 Å². The summed E-state index contributed by atoms with van der Waals surface area (Å²) in [6, 6.07) is 4.13. The van der Waals surface area contributed by atoms with Crippen LogP contribution in [0.2, 0.25) is 10.4 Å². The smallest absolute Gasteiger partial charge is 0.204 e. The standard InChI is InChI=1S/C10H11Cl2N3S.ClH/c1-15-8(9(11)14-10(15)12)6-13-5-7-3-2-4-16-7;/h2-4,13H,5-6H2,1H3;1H. The molecule has 0 atom stereocenters. The van der Waals surface area contributed by atoms with E-state index >= 15 is 0 Å². The summed E-state index contributed by atoms with van der Waals surface area (Å²) in [7, 11) is 1.85. The van der Waals surface area contributed by atoms with Gasteiger partial charge < -0.3 is 9.88 Å². The fourth-order valence-electron chi connectivity index (χ4n) is 1.38. The summed E-state index contributed by atoms with van der Waals surface area (Å²) < 4.78 is 1.78. The van der Waals surface area contributed by atoms with E-state index < -0.39 is 0 Å². The Kier molecular flexibility index (Phi) is 5.76. The Balaban J connectivity index is 0.00000144. The van der Waals surface area contributed by atoms with E-state index in [1.54, 1.807) is 15.9 Å². The van der Waals surface area contributed by atoms with Crippen LogP contribution in [0.15, 0.2) is 17.5 Å². The Labute approximate surface area is 120 Å². The van der Waals surface area contributed by atoms with E-state index in [0.717, 1.165) is 12.2 Å². The summed E-state index contributed by atoms with van der Waals surface area (Å²) in [5, 5.41) is 6.24. The van der Waals surface area contributed by atoms with Crippen LogP contribution in [-0.2, 0) is 20.1 Å². The second kappa shape index (κ2) is 6.61. The van der Waals surface area contributed by atoms with Crippen LogP contribution in [-0.4, -0.2) is 9.55 Å². The molecule has 0 bridgehead atoms. The summed E-state index contributed by atoms with van der Waals surface area (Å²) in [6.45, 7) is 1.49. The second-order valence-electron chi connectivity index (χ2n) is 3.36. The van der Waals surface area contributed by atoms with E-state index in [1.165, 1.54) is 4.88 Å². The number of hydrogen-bond donors (Lipinski definition) is 1. The molecule has 0 aliphatic carbocycles. The predicted octanol–water partition coefficient (Wildman–Crippen LogP) is 3.50. The van der Waals surface area contributed by atoms with Crippen LogP contribution in [0, 0.1) is 0 Å². The quantitative estimate of drug-likeness (QED) is 0.936. The molecule has 2 rings (SSSR count). The van der Waals surface area contributed by atoms with Crippen LogP contribution in [0.3, 0.4) is 0 Å². The zero-order valence-corrected chi connectivity index (χ0v) is 12.3. The van der Waals surface area contributed by atoms with Crippen molar-refractivity contribution in [2.45, 2.75) is 13.1 Å². The summed E-state index contributed by atoms with van der Waals surface area (Å²) in [6.07, 6.45) is 0. The third-order valence-corrected chi connectivity index (χ3v) is 3.80. The zero-order chi connectivity index (χ0) is 11.5. The number of thiophene rings is 1. The first-order valence-corrected chi connectivity index (χ1v) is 6.41. The number of rotatable bonds is 4. The van der Waals surface area contributed by atoms with Crippen molar-refractivity contribution in [3.05, 3.63) is 38.5 Å². The fraction of sp³-hybridized carbons (Fsp3) is 0.300. The fourth-order valence-corrected chi connectivity index (χ4v) is 2.56. The topological polar surface area (TPSA) is 29.9 Å². The van der Waals surface area contributed by atoms with Crippen molar-refractivity contribution in [1.29, 1.82) is 0 Å². The van der Waals surface area contributed by atoms with Crippen molar-refractivity contribution < 1.29 is 0 Å². The van der Waals surface area contributed by atoms with Crippen LogP contribution in [0.1, 0.15) is 10.6 Å². The summed E-state index contributed by atoms with van der Waals surface area (Å²) in [5.74, 6) is 0. The Bertz CT molecular complexity index is 467. The van der Waals surface area contributed by atoms with Crippen molar-refractivity contribution in [2.75, 3.05) is 0 Å². The predicted molar refractivity (Wildman–Crippen MR) is 75.3 cm³/mol. The molecule has 17 heavy (non-hydrogen) atoms. The first kappa shape index (κ1) is 14.8. The average Bonchev–Trinajstić information content (AvgIpc) is 2.82. The molecular formula is C10H12Cl3N3S. The molecule has 0 spiro atoms. The highest BCUT2D eigenvalue weighted by molar-refractivity contribution is 7.09. The first-order chi connectivity index (χ1) is 7.68. The van der Waals surface area contributed by atoms with Crippen LogP contribution in [0.5, 0.6) is 0 Å². The largest absolute Gasteiger partial charge is 0.319 e. The van der Waals surface area contributed by atoms with Crippen LogP contribution >= 0.6 is 46.9 Å². The van der Waals surface area contributed by atoms with E-state index in [4.69, 9.17) is 23.2 Å². The first-order valence-electron chi connectivity index (χ1n) is 4.78. The van der Waals surface area contributed by atoms with Gasteiger partial charge in [-0.15, -0.1) is 23.7 Å². The maximum absolute atomic E-state index is 5.96. The average molecular weight is 313 g/mol. The van der Waals surface area contributed by atoms with Gasteiger partial charge >= 0.3 is 0 Å². The molecule has 0 aromatic carbocycles. The van der Waals surface area contributed by atoms with Gasteiger partial charge in [0.2, 0.25) is 5.28 Å². The maximum atomic E-state index is 5.96. The van der Waals surface area contributed by atoms with Gasteiger partial charge in [0.1, 0.15) is 0 Å². The Morgan fingerprint density at radius 2 is 2.18 bits per heavy atom. The molecule has 0 radical (unpaired) electrons. The number of nitrogens with one attached hydrogen (secondary N) is 1. The lowest BCUT2D eigenvalue weighted by Gasteiger charge is -2.04. The molecule has 7 heteroatoms. The summed E-state index contributed by atoms with van der Waals surface area (Å²) in [5.41, 5.74) is 0.906. The third kappa shape index (κ3) is 3.60. The molecule has 0 aliphatic heterocycles. The minimum absolute atomic E-state index is 0. The van der Waals surface area contributed by atoms with E-state index in [1.807, 2.05) is 13.1 Å². The normalized spacial score (nSPS) is 10.3. The van der Waals surface area contributed by atoms with Gasteiger partial charge in [-0.3, -0.25) is 0 Å². The second-order valence-corrected chi connectivity index (χ2v) is 5.09. The van der Waals surface area contributed by atoms with E-state index in [-0.39, 0.29) is 12.4 Å². The number of halogens is 3. The minimum Gasteiger partial charge on any atom is -0.319 e. The van der Waals surface area contributed by atoms with Crippen molar-refractivity contribution in [3.8, 4) is 0 Å². The van der Waals surface area contributed by atoms with Crippen molar-refractivity contribution in [3.63, 3.8) is 0 Å². The van der Waals surface area contributed by atoms with Crippen molar-refractivity contribution >= 4 is 46.9 Å². The van der Waals surface area contributed by atoms with Gasteiger partial charge in [-0.25, -0.2) is 4.98 Å². The van der Waals surface area contributed by atoms with Crippen molar-refractivity contribution in [1.82, 2.24) is 14.9 Å². The lowest BCUT2D eigenvalue weighted by Crippen LogP contribution is -2.14. The molecule has 3 nitrogen and oxygen atoms in total. The lowest BCUT2D eigenvalue weighted by molar-refractivity contribution is 0.661. The Morgan fingerprint density at radius 3 is 2.71 bits per heavy atom. The van der Waals surface area contributed by atoms with Crippen LogP contribution in [0.4, 0.5) is 0 Å². The van der Waals surface area contributed by atoms with Gasteiger partial charge in [-0.05, 0) is 23.0 Å². The molecular weight excluding hydrogens is 301 g/mol. The van der Waals surface area contributed by atoms with Gasteiger partial charge in [0.15, 0.2) is 5.15 Å². The molecule has 0 aliphatic rings. The summed E-state index contributed by atoms with van der Waals surface area (Å²) >= 11 is 13.5. The molecule has 94 valence electrons. The molecule has 0 saturated heterocycles. The molecule has 2 aromatic heterocycles. The summed E-state index contributed by atoms with van der Waals surface area (Å²) in [4.78, 5) is 5.28. The van der Waals surface area contributed by atoms with Crippen LogP contribution in [0.25, 0.3) is 0 Å². The van der Waals surface area contributed by atoms with Gasteiger partial charge in [0.05, 0.1) is 5.69 Å². The number of aromatic nitrogens is 2. The monoisotopic (exact) mass is 311 g/mol. The van der Waals surface area contributed by atoms with Crippen molar-refractivity contribution in [2.24, 2.45) is 7.05 Å². The molecule has 0 unspecified atom stereocenters. The van der Waals surface area contributed by atoms with Gasteiger partial charge in [0.25, 0.3) is 0 Å². The van der Waals surface area contributed by atoms with Gasteiger partial charge in [0, 0.05) is 25.0 Å². The SMILES string of the molecule is Cl.Cn1c(Cl)nc(Cl)c1CNCc1cccs1. The minimum atomic E-state index is 0. The van der Waals surface area contributed by atoms with Gasteiger partial charge in [-0.2, -0.15) is 0 Å². The molecule has 2 aromatic rings. The lowest BCUT2D eigenvalue weighted by atomic mass is 10.4. The maximum Gasteiger partial charge on any atom is 0.204 e. The highest BCUT2D eigenvalue weighted by Crippen LogP contribution is 2.19. The molecule has 0 amide bonds.